The van der Waals surface area contributed by atoms with Gasteiger partial charge in [0.05, 0.1) is 22.5 Å². The van der Waals surface area contributed by atoms with E-state index in [0.717, 1.165) is 11.3 Å². The van der Waals surface area contributed by atoms with Crippen LogP contribution >= 0.6 is 11.3 Å². The van der Waals surface area contributed by atoms with Crippen molar-refractivity contribution in [3.8, 4) is 0 Å². The summed E-state index contributed by atoms with van der Waals surface area (Å²) in [7, 11) is -3.05. The molecule has 1 saturated heterocycles. The Kier molecular flexibility index (Phi) is 3.19. The van der Waals surface area contributed by atoms with E-state index < -0.39 is 20.9 Å². The maximum absolute atomic E-state index is 11.3. The lowest BCUT2D eigenvalue weighted by molar-refractivity contribution is -0.380. The second kappa shape index (κ2) is 4.35. The van der Waals surface area contributed by atoms with Crippen molar-refractivity contribution in [2.45, 2.75) is 12.5 Å². The van der Waals surface area contributed by atoms with E-state index in [1.807, 2.05) is 0 Å². The molecule has 0 radical (unpaired) electrons. The van der Waals surface area contributed by atoms with Gasteiger partial charge >= 0.3 is 5.00 Å². The Hall–Kier alpha value is -0.990. The summed E-state index contributed by atoms with van der Waals surface area (Å²) in [6.45, 7) is 0. The summed E-state index contributed by atoms with van der Waals surface area (Å²) in [6.07, 6.45) is -0.523. The summed E-state index contributed by atoms with van der Waals surface area (Å²) in [4.78, 5) is 9.98. The average molecular weight is 277 g/mol. The van der Waals surface area contributed by atoms with E-state index in [2.05, 4.69) is 0 Å². The third-order valence-corrected chi connectivity index (χ3v) is 5.53. The Morgan fingerprint density at radius 1 is 1.59 bits per heavy atom. The van der Waals surface area contributed by atoms with Crippen molar-refractivity contribution in [1.29, 1.82) is 0 Å². The number of rotatable bonds is 3. The molecule has 6 nitrogen and oxygen atoms in total. The molecule has 2 rings (SSSR count). The van der Waals surface area contributed by atoms with Gasteiger partial charge in [0.2, 0.25) is 0 Å². The minimum Gasteiger partial charge on any atom is -0.388 e. The van der Waals surface area contributed by atoms with Gasteiger partial charge in [-0.3, -0.25) is 10.1 Å². The zero-order valence-corrected chi connectivity index (χ0v) is 10.4. The molecule has 1 aromatic heterocycles. The zero-order chi connectivity index (χ0) is 12.6. The van der Waals surface area contributed by atoms with Crippen LogP contribution in [0, 0.1) is 16.0 Å². The monoisotopic (exact) mass is 277 g/mol. The number of hydrogen-bond acceptors (Lipinski definition) is 6. The van der Waals surface area contributed by atoms with Crippen LogP contribution in [0.2, 0.25) is 0 Å². The maximum atomic E-state index is 11.3. The molecule has 2 atom stereocenters. The fourth-order valence-electron chi connectivity index (χ4n) is 1.93. The van der Waals surface area contributed by atoms with Gasteiger partial charge in [-0.1, -0.05) is 11.3 Å². The molecule has 2 unspecified atom stereocenters. The van der Waals surface area contributed by atoms with Crippen LogP contribution in [0.15, 0.2) is 11.4 Å². The number of nitrogens with zero attached hydrogens (tertiary/aromatic N) is 1. The molecule has 1 aromatic rings. The van der Waals surface area contributed by atoms with Gasteiger partial charge < -0.3 is 5.11 Å². The summed E-state index contributed by atoms with van der Waals surface area (Å²) < 4.78 is 22.5. The first-order valence-electron chi connectivity index (χ1n) is 5.00. The predicted octanol–water partition coefficient (Wildman–Crippen LogP) is 1.12. The highest BCUT2D eigenvalue weighted by Gasteiger charge is 2.34. The van der Waals surface area contributed by atoms with Gasteiger partial charge in [0.15, 0.2) is 9.84 Å². The topological polar surface area (TPSA) is 97.5 Å². The molecule has 0 aliphatic carbocycles. The van der Waals surface area contributed by atoms with Crippen molar-refractivity contribution in [3.05, 3.63) is 27.1 Å². The fourth-order valence-corrected chi connectivity index (χ4v) is 4.52. The highest BCUT2D eigenvalue weighted by molar-refractivity contribution is 7.91. The van der Waals surface area contributed by atoms with E-state index in [0.29, 0.717) is 12.0 Å². The molecule has 1 aliphatic heterocycles. The van der Waals surface area contributed by atoms with E-state index in [9.17, 15) is 23.6 Å². The Morgan fingerprint density at radius 2 is 2.29 bits per heavy atom. The number of hydrogen-bond donors (Lipinski definition) is 1. The fraction of sp³-hybridized carbons (Fsp3) is 0.556. The van der Waals surface area contributed by atoms with Crippen LogP contribution in [0.3, 0.4) is 0 Å². The third-order valence-electron chi connectivity index (χ3n) is 2.84. The number of thiophene rings is 1. The van der Waals surface area contributed by atoms with Gasteiger partial charge in [-0.15, -0.1) is 0 Å². The van der Waals surface area contributed by atoms with Crippen molar-refractivity contribution >= 4 is 26.2 Å². The smallest absolute Gasteiger partial charge is 0.324 e. The number of sulfone groups is 1. The molecule has 2 heterocycles. The van der Waals surface area contributed by atoms with Crippen LogP contribution in [-0.2, 0) is 9.84 Å². The average Bonchev–Trinajstić information content (AvgIpc) is 2.83. The molecule has 1 aliphatic rings. The molecule has 0 saturated carbocycles. The second-order valence-corrected chi connectivity index (χ2v) is 7.20. The summed E-state index contributed by atoms with van der Waals surface area (Å²) >= 11 is 0.936. The molecule has 17 heavy (non-hydrogen) atoms. The van der Waals surface area contributed by atoms with Crippen molar-refractivity contribution in [2.75, 3.05) is 11.5 Å². The maximum Gasteiger partial charge on any atom is 0.324 e. The van der Waals surface area contributed by atoms with Gasteiger partial charge in [-0.05, 0) is 12.0 Å². The first kappa shape index (κ1) is 12.5. The Labute approximate surface area is 102 Å². The Morgan fingerprint density at radius 3 is 2.76 bits per heavy atom. The summed E-state index contributed by atoms with van der Waals surface area (Å²) in [5.74, 6) is -0.312. The summed E-state index contributed by atoms with van der Waals surface area (Å²) in [5, 5.41) is 21.9. The van der Waals surface area contributed by atoms with Crippen molar-refractivity contribution in [2.24, 2.45) is 5.92 Å². The van der Waals surface area contributed by atoms with Crippen LogP contribution < -0.4 is 0 Å². The van der Waals surface area contributed by atoms with Gasteiger partial charge in [-0.2, -0.15) is 0 Å². The van der Waals surface area contributed by atoms with Gasteiger partial charge in [-0.25, -0.2) is 8.42 Å². The third kappa shape index (κ3) is 2.64. The Bertz CT molecular complexity index is 535. The molecule has 1 N–H and O–H groups in total. The largest absolute Gasteiger partial charge is 0.388 e. The van der Waals surface area contributed by atoms with Crippen molar-refractivity contribution in [1.82, 2.24) is 0 Å². The lowest BCUT2D eigenvalue weighted by atomic mass is 9.97. The van der Waals surface area contributed by atoms with Crippen LogP contribution in [0.4, 0.5) is 5.00 Å². The molecular formula is C9H11NO5S2. The summed E-state index contributed by atoms with van der Waals surface area (Å²) in [5.41, 5.74) is 0.434. The van der Waals surface area contributed by atoms with E-state index >= 15 is 0 Å². The minimum absolute atomic E-state index is 0.0418. The van der Waals surface area contributed by atoms with Crippen molar-refractivity contribution in [3.63, 3.8) is 0 Å². The van der Waals surface area contributed by atoms with Gasteiger partial charge in [0, 0.05) is 17.4 Å². The molecule has 0 amide bonds. The van der Waals surface area contributed by atoms with Crippen LogP contribution in [0.5, 0.6) is 0 Å². The number of aliphatic hydroxyl groups excluding tert-OH is 1. The highest BCUT2D eigenvalue weighted by Crippen LogP contribution is 2.35. The molecule has 94 valence electrons. The standard InChI is InChI=1S/C9H11NO5S2/c11-9(6-1-2-17(14,15)5-6)7-3-8(10(12)13)16-4-7/h3-4,6,9,11H,1-2,5H2. The molecule has 0 bridgehead atoms. The SMILES string of the molecule is O=[N+]([O-])c1cc(C(O)C2CCS(=O)(=O)C2)cs1. The minimum atomic E-state index is -3.05. The first-order valence-corrected chi connectivity index (χ1v) is 7.70. The number of aliphatic hydroxyl groups is 1. The van der Waals surface area contributed by atoms with E-state index in [1.54, 1.807) is 0 Å². The van der Waals surface area contributed by atoms with E-state index in [1.165, 1.54) is 11.4 Å². The molecular weight excluding hydrogens is 266 g/mol. The van der Waals surface area contributed by atoms with Crippen molar-refractivity contribution < 1.29 is 18.4 Å². The number of nitro groups is 1. The Balaban J connectivity index is 2.14. The molecule has 8 heteroatoms. The zero-order valence-electron chi connectivity index (χ0n) is 8.77. The van der Waals surface area contributed by atoms with E-state index in [-0.39, 0.29) is 22.4 Å². The lowest BCUT2D eigenvalue weighted by Crippen LogP contribution is -2.13. The second-order valence-electron chi connectivity index (χ2n) is 4.08. The van der Waals surface area contributed by atoms with Crippen LogP contribution in [0.1, 0.15) is 18.1 Å². The van der Waals surface area contributed by atoms with Gasteiger partial charge in [0.25, 0.3) is 0 Å². The van der Waals surface area contributed by atoms with Crippen LogP contribution in [-0.4, -0.2) is 30.0 Å². The molecule has 1 fully saturated rings. The summed E-state index contributed by atoms with van der Waals surface area (Å²) in [6, 6.07) is 1.31. The highest BCUT2D eigenvalue weighted by atomic mass is 32.2. The van der Waals surface area contributed by atoms with Gasteiger partial charge in [0.1, 0.15) is 0 Å². The van der Waals surface area contributed by atoms with E-state index in [4.69, 9.17) is 0 Å². The normalized spacial score (nSPS) is 24.6. The predicted molar refractivity (Wildman–Crippen MR) is 62.7 cm³/mol. The lowest BCUT2D eigenvalue weighted by Gasteiger charge is -2.14. The van der Waals surface area contributed by atoms with Crippen LogP contribution in [0.25, 0.3) is 0 Å². The quantitative estimate of drug-likeness (QED) is 0.659. The first-order chi connectivity index (χ1) is 7.89. The molecule has 0 aromatic carbocycles. The molecule has 0 spiro atoms.